The maximum Gasteiger partial charge on any atom is 0.120 e. The molecule has 0 spiro atoms. The average Bonchev–Trinajstić information content (AvgIpc) is 2.40. The van der Waals surface area contributed by atoms with Crippen LogP contribution in [0.3, 0.4) is 0 Å². The minimum absolute atomic E-state index is 0.00294. The van der Waals surface area contributed by atoms with Crippen molar-refractivity contribution in [2.45, 2.75) is 31.2 Å². The molecule has 92 valence electrons. The van der Waals surface area contributed by atoms with Gasteiger partial charge in [-0.3, -0.25) is 0 Å². The fourth-order valence-corrected chi connectivity index (χ4v) is 2.86. The first-order chi connectivity index (χ1) is 8.32. The number of hydrogen-bond acceptors (Lipinski definition) is 3. The van der Waals surface area contributed by atoms with Gasteiger partial charge >= 0.3 is 0 Å². The maximum atomic E-state index is 11.0. The van der Waals surface area contributed by atoms with E-state index in [1.54, 1.807) is 0 Å². The summed E-state index contributed by atoms with van der Waals surface area (Å²) in [6.45, 7) is 2.50. The van der Waals surface area contributed by atoms with Gasteiger partial charge in [0.1, 0.15) is 6.29 Å². The van der Waals surface area contributed by atoms with Gasteiger partial charge in [0.2, 0.25) is 0 Å². The van der Waals surface area contributed by atoms with Gasteiger partial charge in [-0.2, -0.15) is 0 Å². The van der Waals surface area contributed by atoms with Crippen LogP contribution in [0.2, 0.25) is 0 Å². The van der Waals surface area contributed by atoms with Crippen LogP contribution < -0.4 is 11.1 Å². The number of benzene rings is 1. The second-order valence-electron chi connectivity index (χ2n) is 4.76. The molecule has 1 aliphatic heterocycles. The highest BCUT2D eigenvalue weighted by Crippen LogP contribution is 2.37. The van der Waals surface area contributed by atoms with Gasteiger partial charge < -0.3 is 15.8 Å². The minimum Gasteiger partial charge on any atom is -0.326 e. The highest BCUT2D eigenvalue weighted by molar-refractivity contribution is 5.54. The van der Waals surface area contributed by atoms with Gasteiger partial charge in [0.05, 0.1) is 0 Å². The number of nitrogens with two attached hydrogens (primary N) is 1. The number of piperidine rings is 1. The smallest absolute Gasteiger partial charge is 0.120 e. The van der Waals surface area contributed by atoms with Gasteiger partial charge in [0.25, 0.3) is 0 Å². The van der Waals surface area contributed by atoms with Crippen molar-refractivity contribution in [2.24, 2.45) is 5.73 Å². The van der Waals surface area contributed by atoms with Crippen molar-refractivity contribution < 1.29 is 4.79 Å². The Morgan fingerprint density at radius 3 is 2.65 bits per heavy atom. The fraction of sp³-hybridized carbons (Fsp3) is 0.500. The van der Waals surface area contributed by atoms with E-state index in [9.17, 15) is 4.79 Å². The summed E-state index contributed by atoms with van der Waals surface area (Å²) in [7, 11) is 0. The van der Waals surface area contributed by atoms with Crippen LogP contribution in [-0.4, -0.2) is 19.4 Å². The number of nitrogens with one attached hydrogen (secondary N) is 1. The monoisotopic (exact) mass is 232 g/mol. The average molecular weight is 232 g/mol. The number of carbonyl (C=O) groups excluding carboxylic acids is 1. The Balaban J connectivity index is 2.40. The Hall–Kier alpha value is -1.19. The predicted octanol–water partition coefficient (Wildman–Crippen LogP) is 1.36. The van der Waals surface area contributed by atoms with Crippen LogP contribution in [-0.2, 0) is 16.8 Å². The molecule has 0 saturated carbocycles. The highest BCUT2D eigenvalue weighted by atomic mass is 16.1. The third kappa shape index (κ3) is 2.40. The summed E-state index contributed by atoms with van der Waals surface area (Å²) in [5, 5.41) is 3.36. The second-order valence-corrected chi connectivity index (χ2v) is 4.76. The summed E-state index contributed by atoms with van der Waals surface area (Å²) in [6.07, 6.45) is 3.69. The Bertz CT molecular complexity index is 384. The van der Waals surface area contributed by atoms with Crippen LogP contribution in [0.25, 0.3) is 0 Å². The van der Waals surface area contributed by atoms with Crippen LogP contribution >= 0.6 is 0 Å². The Labute approximate surface area is 102 Å². The molecule has 1 aromatic rings. The Morgan fingerprint density at radius 1 is 1.29 bits per heavy atom. The van der Waals surface area contributed by atoms with Crippen LogP contribution in [0.15, 0.2) is 24.3 Å². The lowest BCUT2D eigenvalue weighted by molar-refractivity contribution is -0.109. The quantitative estimate of drug-likeness (QED) is 0.771. The summed E-state index contributed by atoms with van der Waals surface area (Å²) in [4.78, 5) is 11.0. The van der Waals surface area contributed by atoms with Crippen LogP contribution in [0.5, 0.6) is 0 Å². The molecule has 1 saturated heterocycles. The molecule has 0 amide bonds. The highest BCUT2D eigenvalue weighted by Gasteiger charge is 2.34. The zero-order chi connectivity index (χ0) is 12.1. The van der Waals surface area contributed by atoms with E-state index in [4.69, 9.17) is 5.73 Å². The zero-order valence-electron chi connectivity index (χ0n) is 10.1. The van der Waals surface area contributed by atoms with Crippen LogP contribution in [0.4, 0.5) is 0 Å². The van der Waals surface area contributed by atoms with E-state index in [0.29, 0.717) is 13.0 Å². The SMILES string of the molecule is NCc1ccccc1C1(CC=O)CCNCC1. The number of aldehydes is 1. The second kappa shape index (κ2) is 5.43. The molecule has 3 N–H and O–H groups in total. The summed E-state index contributed by atoms with van der Waals surface area (Å²) >= 11 is 0. The summed E-state index contributed by atoms with van der Waals surface area (Å²) in [5.41, 5.74) is 8.26. The standard InChI is InChI=1S/C14H20N2O/c15-11-12-3-1-2-4-13(12)14(7-10-17)5-8-16-9-6-14/h1-4,10,16H,5-9,11,15H2. The fourth-order valence-electron chi connectivity index (χ4n) is 2.86. The van der Waals surface area contributed by atoms with E-state index in [0.717, 1.165) is 32.2 Å². The lowest BCUT2D eigenvalue weighted by atomic mass is 9.69. The summed E-state index contributed by atoms with van der Waals surface area (Å²) < 4.78 is 0. The maximum absolute atomic E-state index is 11.0. The topological polar surface area (TPSA) is 55.1 Å². The van der Waals surface area contributed by atoms with E-state index in [1.165, 1.54) is 11.1 Å². The molecule has 0 aliphatic carbocycles. The van der Waals surface area contributed by atoms with Gasteiger partial charge in [-0.15, -0.1) is 0 Å². The molecule has 1 aromatic carbocycles. The van der Waals surface area contributed by atoms with E-state index in [1.807, 2.05) is 12.1 Å². The Kier molecular flexibility index (Phi) is 3.92. The number of rotatable bonds is 4. The van der Waals surface area contributed by atoms with Gasteiger partial charge in [-0.1, -0.05) is 24.3 Å². The van der Waals surface area contributed by atoms with Crippen molar-refractivity contribution in [2.75, 3.05) is 13.1 Å². The lowest BCUT2D eigenvalue weighted by Crippen LogP contribution is -2.41. The largest absolute Gasteiger partial charge is 0.326 e. The molecule has 0 atom stereocenters. The zero-order valence-corrected chi connectivity index (χ0v) is 10.1. The number of hydrogen-bond donors (Lipinski definition) is 2. The van der Waals surface area contributed by atoms with Gasteiger partial charge in [-0.25, -0.2) is 0 Å². The molecule has 2 rings (SSSR count). The molecule has 0 unspecified atom stereocenters. The molecule has 3 nitrogen and oxygen atoms in total. The molecule has 0 bridgehead atoms. The first kappa shape index (κ1) is 12.3. The van der Waals surface area contributed by atoms with E-state index in [2.05, 4.69) is 17.4 Å². The molecule has 1 fully saturated rings. The van der Waals surface area contributed by atoms with Crippen molar-refractivity contribution >= 4 is 6.29 Å². The molecular formula is C14H20N2O. The molecule has 3 heteroatoms. The summed E-state index contributed by atoms with van der Waals surface area (Å²) in [5.74, 6) is 0. The molecule has 1 aliphatic rings. The first-order valence-corrected chi connectivity index (χ1v) is 6.25. The van der Waals surface area contributed by atoms with Crippen molar-refractivity contribution in [3.8, 4) is 0 Å². The van der Waals surface area contributed by atoms with Crippen LogP contribution in [0, 0.1) is 0 Å². The number of carbonyl (C=O) groups is 1. The van der Waals surface area contributed by atoms with Gasteiger partial charge in [0.15, 0.2) is 0 Å². The van der Waals surface area contributed by atoms with Crippen molar-refractivity contribution in [1.29, 1.82) is 0 Å². The Morgan fingerprint density at radius 2 is 2.00 bits per heavy atom. The van der Waals surface area contributed by atoms with Gasteiger partial charge in [0, 0.05) is 18.4 Å². The molecule has 0 aromatic heterocycles. The first-order valence-electron chi connectivity index (χ1n) is 6.25. The normalized spacial score (nSPS) is 18.9. The van der Waals surface area contributed by atoms with E-state index in [-0.39, 0.29) is 5.41 Å². The third-order valence-corrected chi connectivity index (χ3v) is 3.84. The molecule has 0 radical (unpaired) electrons. The predicted molar refractivity (Wildman–Crippen MR) is 68.8 cm³/mol. The van der Waals surface area contributed by atoms with Crippen molar-refractivity contribution in [3.63, 3.8) is 0 Å². The minimum atomic E-state index is 0.00294. The van der Waals surface area contributed by atoms with Crippen molar-refractivity contribution in [1.82, 2.24) is 5.32 Å². The lowest BCUT2D eigenvalue weighted by Gasteiger charge is -2.38. The van der Waals surface area contributed by atoms with E-state index < -0.39 is 0 Å². The molecular weight excluding hydrogens is 212 g/mol. The van der Waals surface area contributed by atoms with Crippen LogP contribution in [0.1, 0.15) is 30.4 Å². The molecule has 17 heavy (non-hydrogen) atoms. The van der Waals surface area contributed by atoms with Gasteiger partial charge in [-0.05, 0) is 37.1 Å². The molecule has 1 heterocycles. The van der Waals surface area contributed by atoms with Crippen molar-refractivity contribution in [3.05, 3.63) is 35.4 Å². The summed E-state index contributed by atoms with van der Waals surface area (Å²) in [6, 6.07) is 8.27. The van der Waals surface area contributed by atoms with E-state index >= 15 is 0 Å². The third-order valence-electron chi connectivity index (χ3n) is 3.84.